The van der Waals surface area contributed by atoms with E-state index in [0.29, 0.717) is 43.6 Å². The van der Waals surface area contributed by atoms with Crippen LogP contribution < -0.4 is 10.6 Å². The van der Waals surface area contributed by atoms with Gasteiger partial charge in [0.2, 0.25) is 17.8 Å². The van der Waals surface area contributed by atoms with Crippen LogP contribution in [0.5, 0.6) is 0 Å². The van der Waals surface area contributed by atoms with Gasteiger partial charge in [0.1, 0.15) is 5.52 Å². The van der Waals surface area contributed by atoms with Gasteiger partial charge in [-0.3, -0.25) is 14.5 Å². The van der Waals surface area contributed by atoms with Crippen molar-refractivity contribution in [3.8, 4) is 0 Å². The van der Waals surface area contributed by atoms with Gasteiger partial charge in [-0.1, -0.05) is 5.21 Å². The number of fused-ring (bicyclic) bond motifs is 1. The minimum atomic E-state index is -0.465. The third-order valence-electron chi connectivity index (χ3n) is 7.24. The molecule has 2 saturated heterocycles. The molecule has 0 radical (unpaired) electrons. The summed E-state index contributed by atoms with van der Waals surface area (Å²) in [4.78, 5) is 39.7. The van der Waals surface area contributed by atoms with Gasteiger partial charge in [0.05, 0.1) is 12.1 Å². The second kappa shape index (κ2) is 8.88. The highest BCUT2D eigenvalue weighted by molar-refractivity contribution is 5.96. The first-order valence-corrected chi connectivity index (χ1v) is 12.2. The standard InChI is InChI=1S/C24H29N9O2/c25-23(35)18-3-4-20-21(9-18)33(29-28-20)14-16-12-30(13-16)15-22(34)31-5-7-32(8-6-31)24-26-10-19(11-27-24)17-1-2-17/h3-4,9-11,16-17H,1-2,5-8,12-15H2,(H2,25,35). The van der Waals surface area contributed by atoms with Crippen molar-refractivity contribution in [2.45, 2.75) is 25.3 Å². The zero-order valence-corrected chi connectivity index (χ0v) is 19.6. The Kier molecular flexibility index (Phi) is 5.56. The Labute approximate surface area is 202 Å². The zero-order chi connectivity index (χ0) is 23.9. The van der Waals surface area contributed by atoms with E-state index in [1.54, 1.807) is 18.2 Å². The third kappa shape index (κ3) is 4.55. The number of rotatable bonds is 7. The lowest BCUT2D eigenvalue weighted by Gasteiger charge is -2.41. The van der Waals surface area contributed by atoms with Crippen molar-refractivity contribution in [1.82, 2.24) is 34.8 Å². The van der Waals surface area contributed by atoms with E-state index < -0.39 is 5.91 Å². The Bertz CT molecular complexity index is 1240. The largest absolute Gasteiger partial charge is 0.366 e. The lowest BCUT2D eigenvalue weighted by atomic mass is 10.00. The maximum absolute atomic E-state index is 12.8. The van der Waals surface area contributed by atoms with Crippen LogP contribution in [0.1, 0.15) is 34.7 Å². The van der Waals surface area contributed by atoms with Crippen LogP contribution in [-0.4, -0.2) is 92.4 Å². The minimum Gasteiger partial charge on any atom is -0.366 e. The summed E-state index contributed by atoms with van der Waals surface area (Å²) in [5.41, 5.74) is 8.63. The molecule has 6 rings (SSSR count). The molecule has 2 aliphatic heterocycles. The topological polar surface area (TPSA) is 126 Å². The predicted octanol–water partition coefficient (Wildman–Crippen LogP) is 0.478. The van der Waals surface area contributed by atoms with E-state index in [4.69, 9.17) is 5.73 Å². The second-order valence-corrected chi connectivity index (χ2v) is 9.86. The Hall–Kier alpha value is -3.60. The number of aromatic nitrogens is 5. The molecule has 0 spiro atoms. The minimum absolute atomic E-state index is 0.172. The lowest BCUT2D eigenvalue weighted by Crippen LogP contribution is -2.55. The molecular weight excluding hydrogens is 446 g/mol. The smallest absolute Gasteiger partial charge is 0.248 e. The van der Waals surface area contributed by atoms with E-state index in [1.807, 2.05) is 22.0 Å². The molecule has 35 heavy (non-hydrogen) atoms. The number of piperazine rings is 1. The molecule has 0 bridgehead atoms. The zero-order valence-electron chi connectivity index (χ0n) is 19.6. The van der Waals surface area contributed by atoms with Gasteiger partial charge in [-0.15, -0.1) is 5.10 Å². The summed E-state index contributed by atoms with van der Waals surface area (Å²) in [6, 6.07) is 5.17. The van der Waals surface area contributed by atoms with Crippen LogP contribution in [0.2, 0.25) is 0 Å². The number of amides is 2. The van der Waals surface area contributed by atoms with E-state index in [9.17, 15) is 9.59 Å². The van der Waals surface area contributed by atoms with Crippen molar-refractivity contribution in [3.05, 3.63) is 41.7 Å². The van der Waals surface area contributed by atoms with E-state index >= 15 is 0 Å². The van der Waals surface area contributed by atoms with Crippen LogP contribution in [0.4, 0.5) is 5.95 Å². The third-order valence-corrected chi connectivity index (χ3v) is 7.24. The molecule has 182 valence electrons. The van der Waals surface area contributed by atoms with Crippen LogP contribution >= 0.6 is 0 Å². The SMILES string of the molecule is NC(=O)c1ccc2nnn(CC3CN(CC(=O)N4CCN(c5ncc(C6CC6)cn5)CC4)C3)c2c1. The highest BCUT2D eigenvalue weighted by Gasteiger charge is 2.32. The van der Waals surface area contributed by atoms with Crippen molar-refractivity contribution >= 4 is 28.8 Å². The number of likely N-dealkylation sites (tertiary alicyclic amines) is 1. The molecule has 2 N–H and O–H groups in total. The van der Waals surface area contributed by atoms with Crippen molar-refractivity contribution < 1.29 is 9.59 Å². The van der Waals surface area contributed by atoms with Gasteiger partial charge in [0, 0.05) is 69.7 Å². The Morgan fingerprint density at radius 1 is 1.03 bits per heavy atom. The highest BCUT2D eigenvalue weighted by Crippen LogP contribution is 2.39. The van der Waals surface area contributed by atoms with Crippen LogP contribution in [0.25, 0.3) is 11.0 Å². The highest BCUT2D eigenvalue weighted by atomic mass is 16.2. The van der Waals surface area contributed by atoms with Crippen molar-refractivity contribution in [3.63, 3.8) is 0 Å². The first kappa shape index (κ1) is 21.9. The molecule has 2 aromatic heterocycles. The molecule has 11 heteroatoms. The van der Waals surface area contributed by atoms with Crippen LogP contribution in [-0.2, 0) is 11.3 Å². The molecule has 3 aliphatic rings. The quantitative estimate of drug-likeness (QED) is 0.523. The summed E-state index contributed by atoms with van der Waals surface area (Å²) in [5, 5.41) is 8.41. The summed E-state index contributed by atoms with van der Waals surface area (Å²) in [6.07, 6.45) is 6.40. The predicted molar refractivity (Wildman–Crippen MR) is 129 cm³/mol. The Balaban J connectivity index is 0.965. The number of anilines is 1. The number of carbonyl (C=O) groups excluding carboxylic acids is 2. The van der Waals surface area contributed by atoms with Gasteiger partial charge < -0.3 is 15.5 Å². The number of nitrogens with two attached hydrogens (primary N) is 1. The van der Waals surface area contributed by atoms with Crippen LogP contribution in [0.3, 0.4) is 0 Å². The molecular formula is C24H29N9O2. The number of hydrogen-bond donors (Lipinski definition) is 1. The monoisotopic (exact) mass is 475 g/mol. The average Bonchev–Trinajstić information content (AvgIpc) is 3.63. The molecule has 1 aliphatic carbocycles. The first-order chi connectivity index (χ1) is 17.0. The fourth-order valence-corrected chi connectivity index (χ4v) is 4.99. The molecule has 3 fully saturated rings. The maximum Gasteiger partial charge on any atom is 0.248 e. The van der Waals surface area contributed by atoms with Gasteiger partial charge in [0.25, 0.3) is 0 Å². The molecule has 2 amide bonds. The maximum atomic E-state index is 12.8. The fourth-order valence-electron chi connectivity index (χ4n) is 4.99. The van der Waals surface area contributed by atoms with E-state index in [0.717, 1.165) is 43.2 Å². The molecule has 0 unspecified atom stereocenters. The fraction of sp³-hybridized carbons (Fsp3) is 0.500. The average molecular weight is 476 g/mol. The van der Waals surface area contributed by atoms with Gasteiger partial charge in [-0.05, 0) is 42.5 Å². The normalized spacial score (nSPS) is 19.2. The second-order valence-electron chi connectivity index (χ2n) is 9.86. The number of carbonyl (C=O) groups is 2. The molecule has 0 atom stereocenters. The molecule has 3 aromatic rings. The molecule has 1 saturated carbocycles. The van der Waals surface area contributed by atoms with Gasteiger partial charge in [-0.2, -0.15) is 0 Å². The van der Waals surface area contributed by atoms with E-state index in [1.165, 1.54) is 18.4 Å². The van der Waals surface area contributed by atoms with Gasteiger partial charge in [0.15, 0.2) is 0 Å². The van der Waals surface area contributed by atoms with Crippen molar-refractivity contribution in [2.75, 3.05) is 50.7 Å². The summed E-state index contributed by atoms with van der Waals surface area (Å²) >= 11 is 0. The van der Waals surface area contributed by atoms with Gasteiger partial charge >= 0.3 is 0 Å². The summed E-state index contributed by atoms with van der Waals surface area (Å²) in [6.45, 7) is 5.70. The number of primary amides is 1. The summed E-state index contributed by atoms with van der Waals surface area (Å²) < 4.78 is 1.82. The van der Waals surface area contributed by atoms with Gasteiger partial charge in [-0.25, -0.2) is 14.6 Å². The number of nitrogens with zero attached hydrogens (tertiary/aromatic N) is 8. The Morgan fingerprint density at radius 2 is 1.77 bits per heavy atom. The van der Waals surface area contributed by atoms with Crippen LogP contribution in [0.15, 0.2) is 30.6 Å². The molecule has 11 nitrogen and oxygen atoms in total. The van der Waals surface area contributed by atoms with E-state index in [2.05, 4.69) is 30.1 Å². The molecule has 4 heterocycles. The van der Waals surface area contributed by atoms with Crippen molar-refractivity contribution in [1.29, 1.82) is 0 Å². The summed E-state index contributed by atoms with van der Waals surface area (Å²) in [5.74, 6) is 1.51. The van der Waals surface area contributed by atoms with E-state index in [-0.39, 0.29) is 5.91 Å². The molecule has 1 aromatic carbocycles. The van der Waals surface area contributed by atoms with Crippen molar-refractivity contribution in [2.24, 2.45) is 11.7 Å². The Morgan fingerprint density at radius 3 is 2.46 bits per heavy atom. The summed E-state index contributed by atoms with van der Waals surface area (Å²) in [7, 11) is 0. The number of benzene rings is 1. The van der Waals surface area contributed by atoms with Crippen LogP contribution in [0, 0.1) is 5.92 Å². The lowest BCUT2D eigenvalue weighted by molar-refractivity contribution is -0.134. The first-order valence-electron chi connectivity index (χ1n) is 12.2. The number of hydrogen-bond acceptors (Lipinski definition) is 8.